The lowest BCUT2D eigenvalue weighted by molar-refractivity contribution is -0.136. The minimum absolute atomic E-state index is 0.0428. The number of carbonyl (C=O) groups is 1. The van der Waals surface area contributed by atoms with E-state index in [-0.39, 0.29) is 23.4 Å². The van der Waals surface area contributed by atoms with Gasteiger partial charge in [-0.25, -0.2) is 13.1 Å². The smallest absolute Gasteiger partial charge is 0.258 e. The van der Waals surface area contributed by atoms with Crippen molar-refractivity contribution in [3.8, 4) is 0 Å². The number of carbonyl (C=O) groups excluding carboxylic acids is 1. The van der Waals surface area contributed by atoms with Crippen molar-refractivity contribution in [3.05, 3.63) is 29.7 Å². The van der Waals surface area contributed by atoms with Crippen LogP contribution in [0.25, 0.3) is 0 Å². The molecule has 0 saturated heterocycles. The fraction of sp³-hybridized carbons (Fsp3) is 0.588. The Balaban J connectivity index is 1.68. The highest BCUT2D eigenvalue weighted by Gasteiger charge is 2.25. The van der Waals surface area contributed by atoms with Gasteiger partial charge in [-0.15, -0.1) is 0 Å². The molecule has 0 aliphatic carbocycles. The lowest BCUT2D eigenvalue weighted by Crippen LogP contribution is -2.40. The molecule has 148 valence electrons. The molecule has 1 aliphatic heterocycles. The number of aromatic nitrogens is 4. The number of aryl methyl sites for hydroxylation is 1. The van der Waals surface area contributed by atoms with Crippen LogP contribution in [0.4, 0.5) is 0 Å². The summed E-state index contributed by atoms with van der Waals surface area (Å²) in [5.74, 6) is 0.0765. The molecule has 0 atom stereocenters. The molecule has 0 fully saturated rings. The molecule has 3 rings (SSSR count). The number of fused-ring (bicyclic) bond motifs is 1. The first kappa shape index (κ1) is 19.6. The fourth-order valence-electron chi connectivity index (χ4n) is 3.14. The van der Waals surface area contributed by atoms with Crippen LogP contribution in [0.15, 0.2) is 23.4 Å². The van der Waals surface area contributed by atoms with Gasteiger partial charge >= 0.3 is 0 Å². The minimum atomic E-state index is -3.67. The molecule has 0 unspecified atom stereocenters. The Labute approximate surface area is 159 Å². The summed E-state index contributed by atoms with van der Waals surface area (Å²) >= 11 is 0. The highest BCUT2D eigenvalue weighted by Crippen LogP contribution is 2.16. The molecular formula is C17H26N6O3S. The van der Waals surface area contributed by atoms with Gasteiger partial charge in [-0.3, -0.25) is 14.2 Å². The van der Waals surface area contributed by atoms with Crippen molar-refractivity contribution in [2.75, 3.05) is 6.54 Å². The molecule has 2 aromatic heterocycles. The van der Waals surface area contributed by atoms with Crippen LogP contribution in [0.2, 0.25) is 0 Å². The van der Waals surface area contributed by atoms with Crippen LogP contribution in [0, 0.1) is 5.92 Å². The number of sulfonamides is 1. The second kappa shape index (κ2) is 7.81. The minimum Gasteiger partial charge on any atom is -0.335 e. The molecule has 10 heteroatoms. The van der Waals surface area contributed by atoms with Gasteiger partial charge in [0.25, 0.3) is 10.0 Å². The molecule has 0 saturated carbocycles. The van der Waals surface area contributed by atoms with E-state index in [2.05, 4.69) is 14.9 Å². The normalized spacial score (nSPS) is 14.6. The van der Waals surface area contributed by atoms with Crippen LogP contribution in [0.5, 0.6) is 0 Å². The van der Waals surface area contributed by atoms with Crippen molar-refractivity contribution in [3.63, 3.8) is 0 Å². The molecule has 2 aromatic rings. The summed E-state index contributed by atoms with van der Waals surface area (Å²) in [6, 6.07) is 3.34. The summed E-state index contributed by atoms with van der Waals surface area (Å²) in [7, 11) is -3.67. The van der Waals surface area contributed by atoms with Gasteiger partial charge in [0, 0.05) is 19.0 Å². The zero-order chi connectivity index (χ0) is 19.6. The lowest BCUT2D eigenvalue weighted by atomic mass is 10.1. The van der Waals surface area contributed by atoms with Crippen LogP contribution in [0.1, 0.15) is 38.6 Å². The Morgan fingerprint density at radius 1 is 1.33 bits per heavy atom. The third kappa shape index (κ3) is 4.22. The number of nitrogens with zero attached hydrogens (tertiary/aromatic N) is 5. The predicted molar refractivity (Wildman–Crippen MR) is 99.0 cm³/mol. The number of amides is 1. The summed E-state index contributed by atoms with van der Waals surface area (Å²) in [5.41, 5.74) is 1.55. The molecule has 0 radical (unpaired) electrons. The molecular weight excluding hydrogens is 368 g/mol. The number of nitrogens with one attached hydrogen (secondary N) is 1. The van der Waals surface area contributed by atoms with Gasteiger partial charge < -0.3 is 4.90 Å². The third-order valence-corrected chi connectivity index (χ3v) is 5.91. The second-order valence-electron chi connectivity index (χ2n) is 6.98. The van der Waals surface area contributed by atoms with Crippen molar-refractivity contribution in [1.29, 1.82) is 0 Å². The van der Waals surface area contributed by atoms with Gasteiger partial charge in [0.05, 0.1) is 37.2 Å². The van der Waals surface area contributed by atoms with E-state index < -0.39 is 10.0 Å². The number of hydrogen-bond acceptors (Lipinski definition) is 5. The monoisotopic (exact) mass is 394 g/mol. The van der Waals surface area contributed by atoms with Gasteiger partial charge in [-0.05, 0) is 18.6 Å². The van der Waals surface area contributed by atoms with Crippen molar-refractivity contribution >= 4 is 15.9 Å². The zero-order valence-electron chi connectivity index (χ0n) is 15.9. The second-order valence-corrected chi connectivity index (χ2v) is 8.70. The number of hydrogen-bond donors (Lipinski definition) is 1. The van der Waals surface area contributed by atoms with E-state index in [4.69, 9.17) is 0 Å². The van der Waals surface area contributed by atoms with Crippen molar-refractivity contribution < 1.29 is 13.2 Å². The Kier molecular flexibility index (Phi) is 5.66. The molecule has 0 spiro atoms. The van der Waals surface area contributed by atoms with Gasteiger partial charge in [-0.1, -0.05) is 20.8 Å². The van der Waals surface area contributed by atoms with Crippen molar-refractivity contribution in [2.45, 2.75) is 58.4 Å². The van der Waals surface area contributed by atoms with E-state index in [1.165, 1.54) is 16.9 Å². The van der Waals surface area contributed by atoms with Crippen LogP contribution in [-0.4, -0.2) is 45.3 Å². The van der Waals surface area contributed by atoms with Crippen LogP contribution >= 0.6 is 0 Å². The van der Waals surface area contributed by atoms with E-state index in [0.29, 0.717) is 31.9 Å². The summed E-state index contributed by atoms with van der Waals surface area (Å²) < 4.78 is 31.0. The highest BCUT2D eigenvalue weighted by atomic mass is 32.2. The van der Waals surface area contributed by atoms with E-state index in [1.54, 1.807) is 0 Å². The lowest BCUT2D eigenvalue weighted by Gasteiger charge is -2.29. The van der Waals surface area contributed by atoms with Crippen LogP contribution < -0.4 is 4.72 Å². The molecule has 1 amide bonds. The van der Waals surface area contributed by atoms with Crippen LogP contribution in [0.3, 0.4) is 0 Å². The first-order chi connectivity index (χ1) is 12.8. The first-order valence-electron chi connectivity index (χ1n) is 9.17. The molecule has 9 nitrogen and oxygen atoms in total. The Bertz CT molecular complexity index is 915. The molecule has 0 aromatic carbocycles. The summed E-state index contributed by atoms with van der Waals surface area (Å²) in [4.78, 5) is 14.0. The summed E-state index contributed by atoms with van der Waals surface area (Å²) in [6.45, 7) is 8.11. The van der Waals surface area contributed by atoms with Crippen molar-refractivity contribution in [1.82, 2.24) is 29.2 Å². The maximum Gasteiger partial charge on any atom is 0.258 e. The average molecular weight is 395 g/mol. The first-order valence-corrected chi connectivity index (χ1v) is 10.7. The standard InChI is InChI=1S/C17H26N6O3S/c1-4-7-23-16(5-6-18-23)27(25,26)19-11-14-10-15-12-21(17(24)13(2)3)8-9-22(15)20-14/h5-6,10,13,19H,4,7-9,11-12H2,1-3H3. The molecule has 3 heterocycles. The Morgan fingerprint density at radius 3 is 2.81 bits per heavy atom. The SMILES string of the molecule is CCCn1nccc1S(=O)(=O)NCc1cc2n(n1)CCN(C(=O)C(C)C)C2. The Hall–Kier alpha value is -2.20. The molecule has 1 aliphatic rings. The van der Waals surface area contributed by atoms with Gasteiger partial charge in [0.1, 0.15) is 0 Å². The quantitative estimate of drug-likeness (QED) is 0.754. The zero-order valence-corrected chi connectivity index (χ0v) is 16.7. The highest BCUT2D eigenvalue weighted by molar-refractivity contribution is 7.89. The molecule has 0 bridgehead atoms. The average Bonchev–Trinajstić information content (AvgIpc) is 3.25. The molecule has 1 N–H and O–H groups in total. The fourth-order valence-corrected chi connectivity index (χ4v) is 4.28. The maximum absolute atomic E-state index is 12.6. The van der Waals surface area contributed by atoms with E-state index in [1.807, 2.05) is 36.4 Å². The summed E-state index contributed by atoms with van der Waals surface area (Å²) in [6.07, 6.45) is 2.28. The van der Waals surface area contributed by atoms with Gasteiger partial charge in [-0.2, -0.15) is 10.2 Å². The van der Waals surface area contributed by atoms with Crippen LogP contribution in [-0.2, 0) is 41.0 Å². The topological polar surface area (TPSA) is 102 Å². The van der Waals surface area contributed by atoms with E-state index >= 15 is 0 Å². The number of rotatable bonds is 7. The maximum atomic E-state index is 12.6. The van der Waals surface area contributed by atoms with Gasteiger partial charge in [0.2, 0.25) is 5.91 Å². The predicted octanol–water partition coefficient (Wildman–Crippen LogP) is 0.966. The summed E-state index contributed by atoms with van der Waals surface area (Å²) in [5, 5.41) is 8.68. The molecule has 27 heavy (non-hydrogen) atoms. The third-order valence-electron chi connectivity index (χ3n) is 4.49. The largest absolute Gasteiger partial charge is 0.335 e. The Morgan fingerprint density at radius 2 is 2.11 bits per heavy atom. The van der Waals surface area contributed by atoms with Gasteiger partial charge in [0.15, 0.2) is 5.03 Å². The van der Waals surface area contributed by atoms with E-state index in [9.17, 15) is 13.2 Å². The van der Waals surface area contributed by atoms with Crippen molar-refractivity contribution in [2.24, 2.45) is 5.92 Å². The van der Waals surface area contributed by atoms with E-state index in [0.717, 1.165) is 12.1 Å².